The van der Waals surface area contributed by atoms with Crippen LogP contribution in [0.5, 0.6) is 11.5 Å². The van der Waals surface area contributed by atoms with Crippen molar-refractivity contribution < 1.29 is 19.4 Å². The van der Waals surface area contributed by atoms with Crippen LogP contribution >= 0.6 is 11.6 Å². The summed E-state index contributed by atoms with van der Waals surface area (Å²) in [6.07, 6.45) is 0.658. The first-order valence-electron chi connectivity index (χ1n) is 4.32. The Labute approximate surface area is 91.1 Å². The topological polar surface area (TPSA) is 57.5 Å². The van der Waals surface area contributed by atoms with E-state index in [4.69, 9.17) is 11.6 Å². The monoisotopic (exact) mass is 232 g/mol. The molecule has 0 heterocycles. The summed E-state index contributed by atoms with van der Waals surface area (Å²) in [7, 11) is 0. The van der Waals surface area contributed by atoms with Crippen molar-refractivity contribution in [2.45, 2.75) is 19.3 Å². The van der Waals surface area contributed by atoms with E-state index in [2.05, 4.69) is 0 Å². The second-order valence-corrected chi connectivity index (χ2v) is 3.66. The normalized spacial score (nSPS) is 12.5. The highest BCUT2D eigenvalue weighted by atomic mass is 35.5. The van der Waals surface area contributed by atoms with Gasteiger partial charge in [0.15, 0.2) is 11.5 Å². The lowest BCUT2D eigenvalue weighted by Gasteiger charge is -2.13. The van der Waals surface area contributed by atoms with Crippen LogP contribution in [0.2, 0.25) is 5.02 Å². The fraction of sp³-hybridized carbons (Fsp3) is 0.300. The summed E-state index contributed by atoms with van der Waals surface area (Å²) in [4.78, 5) is 10.3. The van der Waals surface area contributed by atoms with E-state index >= 15 is 0 Å². The molecule has 1 unspecified atom stereocenters. The molecule has 0 saturated carbocycles. The first-order valence-corrected chi connectivity index (χ1v) is 4.70. The molecule has 0 fully saturated rings. The predicted octanol–water partition coefficient (Wildman–Crippen LogP) is 2.58. The molecule has 0 spiro atoms. The van der Waals surface area contributed by atoms with Gasteiger partial charge in [0.25, 0.3) is 0 Å². The van der Waals surface area contributed by atoms with Crippen molar-refractivity contribution in [2.24, 2.45) is 0 Å². The quantitative estimate of drug-likeness (QED) is 0.622. The van der Waals surface area contributed by atoms with Crippen LogP contribution in [0.3, 0.4) is 0 Å². The highest BCUT2D eigenvalue weighted by molar-refractivity contribution is 6.31. The second kappa shape index (κ2) is 4.49. The Hall–Kier alpha value is -1.29. The molecule has 0 aliphatic heterocycles. The molecule has 1 aromatic carbocycles. The Morgan fingerprint density at radius 3 is 2.73 bits per heavy atom. The van der Waals surface area contributed by atoms with Crippen molar-refractivity contribution in [3.05, 3.63) is 22.5 Å². The average Bonchev–Trinajstić information content (AvgIpc) is 2.16. The van der Waals surface area contributed by atoms with Crippen LogP contribution in [0.25, 0.3) is 0 Å². The highest BCUT2D eigenvalue weighted by Gasteiger charge is 2.21. The number of aldehydes is 1. The van der Waals surface area contributed by atoms with Crippen LogP contribution in [-0.4, -0.2) is 16.5 Å². The minimum Gasteiger partial charge on any atom is -0.504 e. The zero-order chi connectivity index (χ0) is 11.6. The third-order valence-electron chi connectivity index (χ3n) is 2.15. The fourth-order valence-electron chi connectivity index (χ4n) is 1.33. The summed E-state index contributed by atoms with van der Waals surface area (Å²) in [5, 5.41) is 18.4. The van der Waals surface area contributed by atoms with Gasteiger partial charge in [0.1, 0.15) is 12.1 Å². The maximum atomic E-state index is 13.5. The van der Waals surface area contributed by atoms with E-state index in [1.165, 1.54) is 0 Å². The first kappa shape index (κ1) is 11.8. The fourth-order valence-corrected chi connectivity index (χ4v) is 1.54. The number of carbonyl (C=O) groups excluding carboxylic acids is 1. The number of phenols is 2. The van der Waals surface area contributed by atoms with Crippen molar-refractivity contribution in [2.75, 3.05) is 0 Å². The van der Waals surface area contributed by atoms with Gasteiger partial charge >= 0.3 is 0 Å². The van der Waals surface area contributed by atoms with Gasteiger partial charge in [0.2, 0.25) is 0 Å². The predicted molar refractivity (Wildman–Crippen MR) is 53.8 cm³/mol. The Morgan fingerprint density at radius 2 is 2.20 bits per heavy atom. The summed E-state index contributed by atoms with van der Waals surface area (Å²) in [5.74, 6) is -2.39. The molecule has 1 rings (SSSR count). The lowest BCUT2D eigenvalue weighted by Crippen LogP contribution is -1.99. The van der Waals surface area contributed by atoms with E-state index in [9.17, 15) is 19.4 Å². The smallest absolute Gasteiger partial charge is 0.164 e. The van der Waals surface area contributed by atoms with Crippen LogP contribution in [-0.2, 0) is 4.79 Å². The molecule has 0 aromatic heterocycles. The van der Waals surface area contributed by atoms with Gasteiger partial charge in [0.05, 0.1) is 5.02 Å². The molecule has 2 N–H and O–H groups in total. The summed E-state index contributed by atoms with van der Waals surface area (Å²) in [6.45, 7) is 1.56. The zero-order valence-electron chi connectivity index (χ0n) is 8.00. The maximum Gasteiger partial charge on any atom is 0.164 e. The van der Waals surface area contributed by atoms with Gasteiger partial charge in [-0.3, -0.25) is 0 Å². The van der Waals surface area contributed by atoms with Crippen molar-refractivity contribution in [3.8, 4) is 11.5 Å². The summed E-state index contributed by atoms with van der Waals surface area (Å²) >= 11 is 5.50. The summed E-state index contributed by atoms with van der Waals surface area (Å²) in [6, 6.07) is 0.920. The van der Waals surface area contributed by atoms with Gasteiger partial charge in [-0.2, -0.15) is 0 Å². The van der Waals surface area contributed by atoms with E-state index in [0.29, 0.717) is 6.29 Å². The van der Waals surface area contributed by atoms with Gasteiger partial charge < -0.3 is 15.0 Å². The average molecular weight is 233 g/mol. The number of phenolic OH excluding ortho intramolecular Hbond substituents is 2. The van der Waals surface area contributed by atoms with Crippen LogP contribution in [0.15, 0.2) is 6.07 Å². The first-order chi connectivity index (χ1) is 6.99. The molecule has 82 valence electrons. The second-order valence-electron chi connectivity index (χ2n) is 3.26. The standard InChI is InChI=1S/C10H10ClFO3/c1-5(2-3-13)8-9(12)6(11)4-7(14)10(8)15/h3-5,14-15H,2H2,1H3. The van der Waals surface area contributed by atoms with E-state index in [1.54, 1.807) is 6.92 Å². The molecular formula is C10H10ClFO3. The SMILES string of the molecule is CC(CC=O)c1c(O)c(O)cc(Cl)c1F. The van der Waals surface area contributed by atoms with E-state index in [0.717, 1.165) is 6.07 Å². The van der Waals surface area contributed by atoms with Crippen LogP contribution in [0.1, 0.15) is 24.8 Å². The number of aromatic hydroxyl groups is 2. The summed E-state index contributed by atoms with van der Waals surface area (Å²) in [5.41, 5.74) is -0.132. The number of hydrogen-bond donors (Lipinski definition) is 2. The summed E-state index contributed by atoms with van der Waals surface area (Å²) < 4.78 is 13.5. The molecule has 0 aliphatic rings. The molecule has 1 aromatic rings. The van der Waals surface area contributed by atoms with Gasteiger partial charge in [-0.05, 0) is 5.92 Å². The molecule has 1 atom stereocenters. The molecule has 0 radical (unpaired) electrons. The molecule has 5 heteroatoms. The molecule has 0 amide bonds. The van der Waals surface area contributed by atoms with Gasteiger partial charge in [-0.1, -0.05) is 18.5 Å². The zero-order valence-corrected chi connectivity index (χ0v) is 8.75. The van der Waals surface area contributed by atoms with Crippen molar-refractivity contribution >= 4 is 17.9 Å². The minimum absolute atomic E-state index is 0.0459. The third-order valence-corrected chi connectivity index (χ3v) is 2.42. The van der Waals surface area contributed by atoms with Crippen LogP contribution < -0.4 is 0 Å². The van der Waals surface area contributed by atoms with Crippen molar-refractivity contribution in [1.29, 1.82) is 0 Å². The maximum absolute atomic E-state index is 13.5. The lowest BCUT2D eigenvalue weighted by atomic mass is 9.96. The van der Waals surface area contributed by atoms with Crippen molar-refractivity contribution in [3.63, 3.8) is 0 Å². The van der Waals surface area contributed by atoms with E-state index in [1.807, 2.05) is 0 Å². The number of carbonyl (C=O) groups is 1. The highest BCUT2D eigenvalue weighted by Crippen LogP contribution is 2.40. The van der Waals surface area contributed by atoms with E-state index in [-0.39, 0.29) is 17.0 Å². The Bertz CT molecular complexity index is 366. The molecular weight excluding hydrogens is 223 g/mol. The van der Waals surface area contributed by atoms with E-state index < -0.39 is 23.2 Å². The number of halogens is 2. The Balaban J connectivity index is 3.31. The van der Waals surface area contributed by atoms with Gasteiger partial charge in [0, 0.05) is 18.1 Å². The third kappa shape index (κ3) is 2.21. The lowest BCUT2D eigenvalue weighted by molar-refractivity contribution is -0.108. The number of rotatable bonds is 3. The van der Waals surface area contributed by atoms with Crippen molar-refractivity contribution in [1.82, 2.24) is 0 Å². The number of benzene rings is 1. The minimum atomic E-state index is -0.804. The molecule has 15 heavy (non-hydrogen) atoms. The largest absolute Gasteiger partial charge is 0.504 e. The Morgan fingerprint density at radius 1 is 1.60 bits per heavy atom. The van der Waals surface area contributed by atoms with Gasteiger partial charge in [-0.15, -0.1) is 0 Å². The Kier molecular flexibility index (Phi) is 3.52. The van der Waals surface area contributed by atoms with Crippen LogP contribution in [0.4, 0.5) is 4.39 Å². The molecule has 0 saturated heterocycles. The molecule has 0 bridgehead atoms. The molecule has 3 nitrogen and oxygen atoms in total. The van der Waals surface area contributed by atoms with Crippen LogP contribution in [0, 0.1) is 5.82 Å². The van der Waals surface area contributed by atoms with Gasteiger partial charge in [-0.25, -0.2) is 4.39 Å². The number of hydrogen-bond acceptors (Lipinski definition) is 3. The molecule has 0 aliphatic carbocycles.